The Hall–Kier alpha value is -2.70. The van der Waals surface area contributed by atoms with Gasteiger partial charge in [-0.1, -0.05) is 12.1 Å². The summed E-state index contributed by atoms with van der Waals surface area (Å²) in [6.45, 7) is -0.299. The number of aromatic carboxylic acids is 1. The third-order valence-electron chi connectivity index (χ3n) is 5.72. The number of hydrogen-bond donors (Lipinski definition) is 1. The Labute approximate surface area is 144 Å². The highest BCUT2D eigenvalue weighted by Crippen LogP contribution is 2.56. The molecule has 3 amide bonds. The standard InChI is InChI=1S/C18H18N2O5/c21-13(19-12-5-3-9(4-6-12)18(24)25)8-20-16(22)14-10-1-2-11(7-10)15(14)17(20)23/h3-6,10-11,14-15H,1-2,7-8H2,(H,19,21)(H,24,25)/p-1/t10-,11-,14-,15-/m0/s1. The van der Waals surface area contributed by atoms with E-state index in [1.807, 2.05) is 0 Å². The van der Waals surface area contributed by atoms with Crippen molar-refractivity contribution in [3.05, 3.63) is 29.8 Å². The van der Waals surface area contributed by atoms with Crippen molar-refractivity contribution in [1.29, 1.82) is 0 Å². The Morgan fingerprint density at radius 1 is 1.04 bits per heavy atom. The van der Waals surface area contributed by atoms with E-state index in [1.165, 1.54) is 24.3 Å². The van der Waals surface area contributed by atoms with Crippen molar-refractivity contribution in [2.24, 2.45) is 23.7 Å². The van der Waals surface area contributed by atoms with Gasteiger partial charge in [0.2, 0.25) is 17.7 Å². The fraction of sp³-hybridized carbons (Fsp3) is 0.444. The molecule has 0 unspecified atom stereocenters. The van der Waals surface area contributed by atoms with Crippen molar-refractivity contribution in [2.45, 2.75) is 19.3 Å². The molecule has 2 aliphatic carbocycles. The Balaban J connectivity index is 1.42. The minimum Gasteiger partial charge on any atom is -0.545 e. The van der Waals surface area contributed by atoms with Crippen LogP contribution in [0.2, 0.25) is 0 Å². The van der Waals surface area contributed by atoms with Crippen LogP contribution in [0.15, 0.2) is 24.3 Å². The number of likely N-dealkylation sites (tertiary alicyclic amines) is 1. The number of hydrogen-bond acceptors (Lipinski definition) is 5. The molecule has 1 heterocycles. The number of imide groups is 1. The van der Waals surface area contributed by atoms with Crippen LogP contribution in [0.3, 0.4) is 0 Å². The summed E-state index contributed by atoms with van der Waals surface area (Å²) in [5.74, 6) is -2.10. The van der Waals surface area contributed by atoms with E-state index in [0.29, 0.717) is 5.69 Å². The number of nitrogens with zero attached hydrogens (tertiary/aromatic N) is 1. The molecule has 130 valence electrons. The topological polar surface area (TPSA) is 107 Å². The molecule has 4 rings (SSSR count). The van der Waals surface area contributed by atoms with Crippen molar-refractivity contribution >= 4 is 29.4 Å². The number of carboxylic acid groups (broad SMARTS) is 1. The molecule has 25 heavy (non-hydrogen) atoms. The highest BCUT2D eigenvalue weighted by molar-refractivity contribution is 6.09. The Kier molecular flexibility index (Phi) is 3.59. The lowest BCUT2D eigenvalue weighted by Gasteiger charge is -2.19. The van der Waals surface area contributed by atoms with Gasteiger partial charge in [-0.05, 0) is 48.8 Å². The Morgan fingerprint density at radius 2 is 1.60 bits per heavy atom. The number of benzene rings is 1. The molecule has 4 atom stereocenters. The number of nitrogens with one attached hydrogen (secondary N) is 1. The van der Waals surface area contributed by atoms with Crippen LogP contribution in [-0.4, -0.2) is 35.1 Å². The zero-order valence-electron chi connectivity index (χ0n) is 13.4. The van der Waals surface area contributed by atoms with Gasteiger partial charge < -0.3 is 15.2 Å². The van der Waals surface area contributed by atoms with Gasteiger partial charge in [0.05, 0.1) is 17.8 Å². The van der Waals surface area contributed by atoms with E-state index in [1.54, 1.807) is 0 Å². The van der Waals surface area contributed by atoms with Gasteiger partial charge in [0.15, 0.2) is 0 Å². The summed E-state index contributed by atoms with van der Waals surface area (Å²) in [4.78, 5) is 49.1. The first-order valence-electron chi connectivity index (χ1n) is 8.42. The summed E-state index contributed by atoms with van der Waals surface area (Å²) >= 11 is 0. The first kappa shape index (κ1) is 15.8. The van der Waals surface area contributed by atoms with Crippen LogP contribution < -0.4 is 10.4 Å². The number of carbonyl (C=O) groups is 4. The molecule has 2 bridgehead atoms. The molecule has 0 spiro atoms. The minimum atomic E-state index is -1.30. The van der Waals surface area contributed by atoms with Crippen LogP contribution in [-0.2, 0) is 14.4 Å². The molecule has 0 radical (unpaired) electrons. The summed E-state index contributed by atoms with van der Waals surface area (Å²) in [5.41, 5.74) is 0.403. The molecule has 3 fully saturated rings. The van der Waals surface area contributed by atoms with E-state index in [-0.39, 0.29) is 47.6 Å². The summed E-state index contributed by atoms with van der Waals surface area (Å²) in [6, 6.07) is 5.51. The van der Waals surface area contributed by atoms with E-state index in [2.05, 4.69) is 5.32 Å². The number of rotatable bonds is 4. The van der Waals surface area contributed by atoms with Crippen molar-refractivity contribution in [1.82, 2.24) is 4.90 Å². The maximum Gasteiger partial charge on any atom is 0.244 e. The van der Waals surface area contributed by atoms with Gasteiger partial charge in [0, 0.05) is 5.69 Å². The van der Waals surface area contributed by atoms with Gasteiger partial charge in [-0.15, -0.1) is 0 Å². The van der Waals surface area contributed by atoms with Gasteiger partial charge >= 0.3 is 0 Å². The molecule has 1 N–H and O–H groups in total. The van der Waals surface area contributed by atoms with Crippen molar-refractivity contribution in [3.8, 4) is 0 Å². The fourth-order valence-electron chi connectivity index (χ4n) is 4.66. The van der Waals surface area contributed by atoms with Crippen LogP contribution in [0.5, 0.6) is 0 Å². The third kappa shape index (κ3) is 2.50. The quantitative estimate of drug-likeness (QED) is 0.777. The molecule has 7 heteroatoms. The molecule has 1 aliphatic heterocycles. The normalized spacial score (nSPS) is 29.8. The van der Waals surface area contributed by atoms with E-state index in [9.17, 15) is 24.3 Å². The molecule has 0 aromatic heterocycles. The van der Waals surface area contributed by atoms with Crippen LogP contribution in [0.1, 0.15) is 29.6 Å². The second-order valence-corrected chi connectivity index (χ2v) is 7.06. The second kappa shape index (κ2) is 5.68. The predicted molar refractivity (Wildman–Crippen MR) is 83.9 cm³/mol. The molecule has 1 saturated heterocycles. The lowest BCUT2D eigenvalue weighted by Crippen LogP contribution is -2.39. The van der Waals surface area contributed by atoms with Gasteiger partial charge in [-0.2, -0.15) is 0 Å². The number of anilines is 1. The van der Waals surface area contributed by atoms with Gasteiger partial charge in [0.1, 0.15) is 6.54 Å². The fourth-order valence-corrected chi connectivity index (χ4v) is 4.66. The molecule has 2 saturated carbocycles. The molecule has 1 aromatic rings. The minimum absolute atomic E-state index is 0.00574. The lowest BCUT2D eigenvalue weighted by atomic mass is 9.81. The SMILES string of the molecule is O=C(CN1C(=O)[C@H]2[C@H]3CC[C@@H](C3)[C@@H]2C1=O)Nc1ccc(C(=O)[O-])cc1. The molecular formula is C18H17N2O5-. The van der Waals surface area contributed by atoms with Crippen molar-refractivity contribution in [3.63, 3.8) is 0 Å². The second-order valence-electron chi connectivity index (χ2n) is 7.06. The van der Waals surface area contributed by atoms with Crippen LogP contribution in [0, 0.1) is 23.7 Å². The number of fused-ring (bicyclic) bond motifs is 5. The summed E-state index contributed by atoms with van der Waals surface area (Å²) in [7, 11) is 0. The molecular weight excluding hydrogens is 324 g/mol. The monoisotopic (exact) mass is 341 g/mol. The predicted octanol–water partition coefficient (Wildman–Crippen LogP) is 0.0197. The highest BCUT2D eigenvalue weighted by atomic mass is 16.4. The van der Waals surface area contributed by atoms with E-state index in [0.717, 1.165) is 24.2 Å². The Morgan fingerprint density at radius 3 is 2.12 bits per heavy atom. The average Bonchev–Trinajstić information content (AvgIpc) is 3.25. The molecule has 3 aliphatic rings. The first-order chi connectivity index (χ1) is 12.0. The van der Waals surface area contributed by atoms with Crippen LogP contribution in [0.25, 0.3) is 0 Å². The zero-order valence-corrected chi connectivity index (χ0v) is 13.4. The van der Waals surface area contributed by atoms with Gasteiger partial charge in [0.25, 0.3) is 0 Å². The van der Waals surface area contributed by atoms with Crippen LogP contribution >= 0.6 is 0 Å². The van der Waals surface area contributed by atoms with Gasteiger partial charge in [-0.25, -0.2) is 0 Å². The maximum atomic E-state index is 12.5. The van der Waals surface area contributed by atoms with Crippen molar-refractivity contribution in [2.75, 3.05) is 11.9 Å². The summed E-state index contributed by atoms with van der Waals surface area (Å²) < 4.78 is 0. The van der Waals surface area contributed by atoms with Crippen LogP contribution in [0.4, 0.5) is 5.69 Å². The third-order valence-corrected chi connectivity index (χ3v) is 5.72. The maximum absolute atomic E-state index is 12.5. The first-order valence-corrected chi connectivity index (χ1v) is 8.42. The number of amides is 3. The number of carbonyl (C=O) groups excluding carboxylic acids is 4. The van der Waals surface area contributed by atoms with E-state index >= 15 is 0 Å². The smallest absolute Gasteiger partial charge is 0.244 e. The molecule has 7 nitrogen and oxygen atoms in total. The lowest BCUT2D eigenvalue weighted by molar-refractivity contribution is -0.255. The Bertz CT molecular complexity index is 744. The van der Waals surface area contributed by atoms with E-state index in [4.69, 9.17) is 0 Å². The summed E-state index contributed by atoms with van der Waals surface area (Å²) in [5, 5.41) is 13.3. The highest BCUT2D eigenvalue weighted by Gasteiger charge is 2.60. The van der Waals surface area contributed by atoms with Crippen molar-refractivity contribution < 1.29 is 24.3 Å². The summed E-state index contributed by atoms with van der Waals surface area (Å²) in [6.07, 6.45) is 2.95. The van der Waals surface area contributed by atoms with Gasteiger partial charge in [-0.3, -0.25) is 19.3 Å². The number of carboxylic acids is 1. The molecule has 1 aromatic carbocycles. The zero-order chi connectivity index (χ0) is 17.7. The average molecular weight is 341 g/mol. The largest absolute Gasteiger partial charge is 0.545 e. The van der Waals surface area contributed by atoms with E-state index < -0.39 is 11.9 Å².